The van der Waals surface area contributed by atoms with E-state index in [0.717, 1.165) is 41.5 Å². The second-order valence-corrected chi connectivity index (χ2v) is 5.03. The first kappa shape index (κ1) is 14.3. The lowest BCUT2D eigenvalue weighted by Gasteiger charge is -2.14. The van der Waals surface area contributed by atoms with Gasteiger partial charge in [0.05, 0.1) is 24.1 Å². The van der Waals surface area contributed by atoms with Crippen molar-refractivity contribution in [1.29, 1.82) is 10.5 Å². The van der Waals surface area contributed by atoms with Crippen molar-refractivity contribution in [1.82, 2.24) is 0 Å². The van der Waals surface area contributed by atoms with Crippen LogP contribution in [0.1, 0.15) is 49.4 Å². The summed E-state index contributed by atoms with van der Waals surface area (Å²) in [5.74, 6) is 0.536. The molecule has 0 unspecified atom stereocenters. The topological polar surface area (TPSA) is 47.6 Å². The minimum atomic E-state index is 0.395. The number of nitrogens with zero attached hydrogens (tertiary/aromatic N) is 2. The molecule has 0 amide bonds. The molecule has 2 nitrogen and oxygen atoms in total. The van der Waals surface area contributed by atoms with Crippen LogP contribution in [0.2, 0.25) is 0 Å². The molecule has 18 heavy (non-hydrogen) atoms. The van der Waals surface area contributed by atoms with Crippen LogP contribution in [0.5, 0.6) is 0 Å². The van der Waals surface area contributed by atoms with Crippen molar-refractivity contribution in [3.8, 4) is 12.1 Å². The molecule has 1 aromatic carbocycles. The van der Waals surface area contributed by atoms with E-state index in [1.807, 2.05) is 12.1 Å². The molecule has 0 saturated carbocycles. The molecule has 0 aliphatic rings. The zero-order valence-electron chi connectivity index (χ0n) is 11.5. The maximum atomic E-state index is 9.40. The molecule has 1 rings (SSSR count). The molecule has 0 saturated heterocycles. The second kappa shape index (κ2) is 6.82. The quantitative estimate of drug-likeness (QED) is 0.786. The highest BCUT2D eigenvalue weighted by Gasteiger charge is 2.13. The Kier molecular flexibility index (Phi) is 5.40. The standard InChI is InChI=1S/C16H20N2/c1-4-5-15-13(8-9-17)6-7-14(10-12(2)3)16(15)11-18/h6-7,12H,4-5,8,10H2,1-3H3. The van der Waals surface area contributed by atoms with E-state index in [0.29, 0.717) is 12.3 Å². The van der Waals surface area contributed by atoms with E-state index < -0.39 is 0 Å². The van der Waals surface area contributed by atoms with Crippen LogP contribution in [0.4, 0.5) is 0 Å². The van der Waals surface area contributed by atoms with Crippen molar-refractivity contribution in [2.24, 2.45) is 5.92 Å². The molecule has 0 bridgehead atoms. The van der Waals surface area contributed by atoms with Crippen LogP contribution in [0, 0.1) is 28.6 Å². The summed E-state index contributed by atoms with van der Waals surface area (Å²) in [5, 5.41) is 18.3. The van der Waals surface area contributed by atoms with Crippen molar-refractivity contribution in [2.45, 2.75) is 46.5 Å². The SMILES string of the molecule is CCCc1c(CC#N)ccc(CC(C)C)c1C#N. The summed E-state index contributed by atoms with van der Waals surface area (Å²) in [6.45, 7) is 6.42. The molecule has 1 aromatic rings. The third kappa shape index (κ3) is 3.34. The number of hydrogen-bond donors (Lipinski definition) is 0. The predicted octanol–water partition coefficient (Wildman–Crippen LogP) is 3.78. The largest absolute Gasteiger partial charge is 0.198 e. The van der Waals surface area contributed by atoms with Crippen LogP contribution in [0.15, 0.2) is 12.1 Å². The predicted molar refractivity (Wildman–Crippen MR) is 73.0 cm³/mol. The lowest BCUT2D eigenvalue weighted by Crippen LogP contribution is -2.04. The fourth-order valence-electron chi connectivity index (χ4n) is 2.28. The third-order valence-electron chi connectivity index (χ3n) is 3.01. The van der Waals surface area contributed by atoms with Gasteiger partial charge in [-0.15, -0.1) is 0 Å². The van der Waals surface area contributed by atoms with Crippen molar-refractivity contribution in [3.05, 3.63) is 34.4 Å². The van der Waals surface area contributed by atoms with Gasteiger partial charge in [0.2, 0.25) is 0 Å². The van der Waals surface area contributed by atoms with Gasteiger partial charge in [0.15, 0.2) is 0 Å². The van der Waals surface area contributed by atoms with Crippen LogP contribution >= 0.6 is 0 Å². The molecular weight excluding hydrogens is 220 g/mol. The van der Waals surface area contributed by atoms with Gasteiger partial charge < -0.3 is 0 Å². The highest BCUT2D eigenvalue weighted by molar-refractivity contribution is 5.49. The lowest BCUT2D eigenvalue weighted by molar-refractivity contribution is 0.645. The average molecular weight is 240 g/mol. The van der Waals surface area contributed by atoms with E-state index in [1.165, 1.54) is 0 Å². The van der Waals surface area contributed by atoms with Crippen LogP contribution in [-0.4, -0.2) is 0 Å². The molecule has 0 fully saturated rings. The van der Waals surface area contributed by atoms with Gasteiger partial charge in [-0.1, -0.05) is 39.3 Å². The van der Waals surface area contributed by atoms with E-state index in [2.05, 4.69) is 32.9 Å². The number of benzene rings is 1. The van der Waals surface area contributed by atoms with Crippen molar-refractivity contribution in [2.75, 3.05) is 0 Å². The van der Waals surface area contributed by atoms with Gasteiger partial charge >= 0.3 is 0 Å². The van der Waals surface area contributed by atoms with Crippen LogP contribution in [-0.2, 0) is 19.3 Å². The first-order valence-corrected chi connectivity index (χ1v) is 6.54. The lowest BCUT2D eigenvalue weighted by atomic mass is 9.89. The summed E-state index contributed by atoms with van der Waals surface area (Å²) in [6.07, 6.45) is 3.20. The first-order chi connectivity index (χ1) is 8.63. The van der Waals surface area contributed by atoms with E-state index in [-0.39, 0.29) is 0 Å². The van der Waals surface area contributed by atoms with Crippen LogP contribution < -0.4 is 0 Å². The molecule has 0 radical (unpaired) electrons. The molecule has 2 heteroatoms. The summed E-state index contributed by atoms with van der Waals surface area (Å²) < 4.78 is 0. The monoisotopic (exact) mass is 240 g/mol. The summed E-state index contributed by atoms with van der Waals surface area (Å²) in [5.41, 5.74) is 4.03. The van der Waals surface area contributed by atoms with Crippen molar-refractivity contribution >= 4 is 0 Å². The zero-order chi connectivity index (χ0) is 13.5. The Balaban J connectivity index is 3.30. The molecular formula is C16H20N2. The maximum absolute atomic E-state index is 9.40. The Labute approximate surface area is 110 Å². The smallest absolute Gasteiger partial charge is 0.0997 e. The van der Waals surface area contributed by atoms with E-state index in [1.54, 1.807) is 0 Å². The maximum Gasteiger partial charge on any atom is 0.0997 e. The summed E-state index contributed by atoms with van der Waals surface area (Å²) in [7, 11) is 0. The Hall–Kier alpha value is -1.80. The summed E-state index contributed by atoms with van der Waals surface area (Å²) >= 11 is 0. The first-order valence-electron chi connectivity index (χ1n) is 6.54. The van der Waals surface area contributed by atoms with Crippen molar-refractivity contribution < 1.29 is 0 Å². The Morgan fingerprint density at radius 3 is 2.33 bits per heavy atom. The zero-order valence-corrected chi connectivity index (χ0v) is 11.5. The summed E-state index contributed by atoms with van der Waals surface area (Å²) in [6, 6.07) is 8.57. The third-order valence-corrected chi connectivity index (χ3v) is 3.01. The number of rotatable bonds is 5. The second-order valence-electron chi connectivity index (χ2n) is 5.03. The molecule has 0 aromatic heterocycles. The van der Waals surface area contributed by atoms with E-state index in [9.17, 15) is 5.26 Å². The van der Waals surface area contributed by atoms with Crippen LogP contribution in [0.25, 0.3) is 0 Å². The van der Waals surface area contributed by atoms with Gasteiger partial charge in [-0.2, -0.15) is 10.5 Å². The highest BCUT2D eigenvalue weighted by Crippen LogP contribution is 2.23. The molecule has 0 atom stereocenters. The van der Waals surface area contributed by atoms with Gasteiger partial charge in [0.1, 0.15) is 0 Å². The van der Waals surface area contributed by atoms with Crippen molar-refractivity contribution in [3.63, 3.8) is 0 Å². The molecule has 0 aliphatic heterocycles. The highest BCUT2D eigenvalue weighted by atomic mass is 14.3. The van der Waals surface area contributed by atoms with Gasteiger partial charge in [-0.05, 0) is 35.4 Å². The van der Waals surface area contributed by atoms with Gasteiger partial charge in [-0.25, -0.2) is 0 Å². The minimum Gasteiger partial charge on any atom is -0.198 e. The van der Waals surface area contributed by atoms with Gasteiger partial charge in [0, 0.05) is 0 Å². The molecule has 0 aliphatic carbocycles. The van der Waals surface area contributed by atoms with Crippen LogP contribution in [0.3, 0.4) is 0 Å². The fourth-order valence-corrected chi connectivity index (χ4v) is 2.28. The molecule has 0 N–H and O–H groups in total. The Bertz CT molecular complexity index is 487. The Morgan fingerprint density at radius 2 is 1.83 bits per heavy atom. The normalized spacial score (nSPS) is 10.1. The number of nitriles is 2. The minimum absolute atomic E-state index is 0.395. The molecule has 0 spiro atoms. The van der Waals surface area contributed by atoms with Gasteiger partial charge in [-0.3, -0.25) is 0 Å². The molecule has 0 heterocycles. The molecule has 94 valence electrons. The Morgan fingerprint density at radius 1 is 1.17 bits per heavy atom. The van der Waals surface area contributed by atoms with E-state index >= 15 is 0 Å². The fraction of sp³-hybridized carbons (Fsp3) is 0.500. The summed E-state index contributed by atoms with van der Waals surface area (Å²) in [4.78, 5) is 0. The van der Waals surface area contributed by atoms with E-state index in [4.69, 9.17) is 5.26 Å². The number of hydrogen-bond acceptors (Lipinski definition) is 2. The van der Waals surface area contributed by atoms with Gasteiger partial charge in [0.25, 0.3) is 0 Å². The average Bonchev–Trinajstić information content (AvgIpc) is 2.32.